The van der Waals surface area contributed by atoms with Crippen LogP contribution in [0.15, 0.2) is 24.5 Å². The van der Waals surface area contributed by atoms with Crippen molar-refractivity contribution in [3.05, 3.63) is 24.5 Å². The quantitative estimate of drug-likeness (QED) is 0.786. The SMILES string of the molecule is c1cncc(N2CCOC3(CCNCC3)C2)c1. The third-order valence-corrected chi connectivity index (χ3v) is 3.77. The number of piperidine rings is 1. The highest BCUT2D eigenvalue weighted by atomic mass is 16.5. The van der Waals surface area contributed by atoms with Crippen LogP contribution < -0.4 is 10.2 Å². The lowest BCUT2D eigenvalue weighted by Crippen LogP contribution is -2.56. The number of nitrogens with one attached hydrogen (secondary N) is 1. The van der Waals surface area contributed by atoms with Crippen molar-refractivity contribution in [2.24, 2.45) is 0 Å². The molecule has 3 heterocycles. The van der Waals surface area contributed by atoms with Crippen molar-refractivity contribution >= 4 is 5.69 Å². The largest absolute Gasteiger partial charge is 0.371 e. The van der Waals surface area contributed by atoms with E-state index in [-0.39, 0.29) is 5.60 Å². The summed E-state index contributed by atoms with van der Waals surface area (Å²) in [6.07, 6.45) is 6.00. The first-order valence-corrected chi connectivity index (χ1v) is 6.38. The van der Waals surface area contributed by atoms with E-state index in [0.29, 0.717) is 0 Å². The number of anilines is 1. The van der Waals surface area contributed by atoms with Gasteiger partial charge < -0.3 is 15.0 Å². The molecule has 0 atom stereocenters. The summed E-state index contributed by atoms with van der Waals surface area (Å²) in [6, 6.07) is 4.13. The highest BCUT2D eigenvalue weighted by Crippen LogP contribution is 2.29. The lowest BCUT2D eigenvalue weighted by molar-refractivity contribution is -0.0738. The summed E-state index contributed by atoms with van der Waals surface area (Å²) < 4.78 is 6.06. The van der Waals surface area contributed by atoms with E-state index in [4.69, 9.17) is 4.74 Å². The fourth-order valence-electron chi connectivity index (χ4n) is 2.79. The van der Waals surface area contributed by atoms with Crippen molar-refractivity contribution in [3.63, 3.8) is 0 Å². The molecule has 0 aromatic carbocycles. The third kappa shape index (κ3) is 2.28. The topological polar surface area (TPSA) is 37.4 Å². The standard InChI is InChI=1S/C13H19N3O/c1-2-12(10-15-5-1)16-8-9-17-13(11-16)3-6-14-7-4-13/h1-2,5,10,14H,3-4,6-9,11H2. The van der Waals surface area contributed by atoms with Gasteiger partial charge in [0.2, 0.25) is 0 Å². The predicted octanol–water partition coefficient (Wildman–Crippen LogP) is 1.04. The lowest BCUT2D eigenvalue weighted by atomic mass is 9.90. The van der Waals surface area contributed by atoms with Gasteiger partial charge in [-0.15, -0.1) is 0 Å². The fraction of sp³-hybridized carbons (Fsp3) is 0.615. The minimum atomic E-state index is 0.0688. The highest BCUT2D eigenvalue weighted by Gasteiger charge is 2.37. The second kappa shape index (κ2) is 4.63. The molecule has 0 saturated carbocycles. The zero-order chi connectivity index (χ0) is 11.6. The molecule has 2 fully saturated rings. The van der Waals surface area contributed by atoms with Gasteiger partial charge in [0.15, 0.2) is 0 Å². The average Bonchev–Trinajstić information content (AvgIpc) is 2.41. The molecule has 4 heteroatoms. The van der Waals surface area contributed by atoms with E-state index in [2.05, 4.69) is 21.3 Å². The Balaban J connectivity index is 1.75. The normalized spacial score (nSPS) is 23.9. The molecule has 1 aromatic rings. The Kier molecular flexibility index (Phi) is 2.99. The Bertz CT molecular complexity index is 357. The van der Waals surface area contributed by atoms with Crippen molar-refractivity contribution < 1.29 is 4.74 Å². The van der Waals surface area contributed by atoms with Crippen LogP contribution in [0.1, 0.15) is 12.8 Å². The predicted molar refractivity (Wildman–Crippen MR) is 67.2 cm³/mol. The second-order valence-corrected chi connectivity index (χ2v) is 4.91. The summed E-state index contributed by atoms with van der Waals surface area (Å²) in [5, 5.41) is 3.40. The van der Waals surface area contributed by atoms with Crippen molar-refractivity contribution in [3.8, 4) is 0 Å². The van der Waals surface area contributed by atoms with E-state index in [9.17, 15) is 0 Å². The Morgan fingerprint density at radius 3 is 3.00 bits per heavy atom. The maximum atomic E-state index is 6.06. The Labute approximate surface area is 102 Å². The first-order chi connectivity index (χ1) is 8.38. The lowest BCUT2D eigenvalue weighted by Gasteiger charge is -2.45. The summed E-state index contributed by atoms with van der Waals surface area (Å²) >= 11 is 0. The summed E-state index contributed by atoms with van der Waals surface area (Å²) in [7, 11) is 0. The highest BCUT2D eigenvalue weighted by molar-refractivity contribution is 5.44. The zero-order valence-corrected chi connectivity index (χ0v) is 10.1. The monoisotopic (exact) mass is 233 g/mol. The van der Waals surface area contributed by atoms with Gasteiger partial charge in [-0.1, -0.05) is 0 Å². The van der Waals surface area contributed by atoms with Crippen LogP contribution in [0.4, 0.5) is 5.69 Å². The van der Waals surface area contributed by atoms with Gasteiger partial charge in [-0.05, 0) is 38.1 Å². The van der Waals surface area contributed by atoms with Crippen LogP contribution >= 0.6 is 0 Å². The van der Waals surface area contributed by atoms with Gasteiger partial charge in [0.25, 0.3) is 0 Å². The van der Waals surface area contributed by atoms with Crippen LogP contribution in [-0.4, -0.2) is 43.4 Å². The van der Waals surface area contributed by atoms with E-state index < -0.39 is 0 Å². The van der Waals surface area contributed by atoms with E-state index in [1.165, 1.54) is 5.69 Å². The Hall–Kier alpha value is -1.13. The molecule has 1 N–H and O–H groups in total. The number of hydrogen-bond acceptors (Lipinski definition) is 4. The third-order valence-electron chi connectivity index (χ3n) is 3.77. The van der Waals surface area contributed by atoms with Gasteiger partial charge >= 0.3 is 0 Å². The molecular formula is C13H19N3O. The number of hydrogen-bond donors (Lipinski definition) is 1. The number of rotatable bonds is 1. The number of morpholine rings is 1. The van der Waals surface area contributed by atoms with Gasteiger partial charge in [0, 0.05) is 19.3 Å². The second-order valence-electron chi connectivity index (χ2n) is 4.91. The van der Waals surface area contributed by atoms with Gasteiger partial charge in [0.05, 0.1) is 24.1 Å². The van der Waals surface area contributed by atoms with Crippen LogP contribution in [0.5, 0.6) is 0 Å². The molecule has 2 aliphatic rings. The van der Waals surface area contributed by atoms with Crippen LogP contribution in [0.25, 0.3) is 0 Å². The minimum absolute atomic E-state index is 0.0688. The van der Waals surface area contributed by atoms with Crippen LogP contribution in [-0.2, 0) is 4.74 Å². The first kappa shape index (κ1) is 11.0. The molecule has 4 nitrogen and oxygen atoms in total. The summed E-state index contributed by atoms with van der Waals surface area (Å²) in [5.74, 6) is 0. The maximum absolute atomic E-state index is 6.06. The van der Waals surface area contributed by atoms with Crippen LogP contribution in [0, 0.1) is 0 Å². The average molecular weight is 233 g/mol. The fourth-order valence-corrected chi connectivity index (χ4v) is 2.79. The number of nitrogens with zero attached hydrogens (tertiary/aromatic N) is 2. The molecule has 2 aliphatic heterocycles. The number of aromatic nitrogens is 1. The van der Waals surface area contributed by atoms with Crippen LogP contribution in [0.2, 0.25) is 0 Å². The summed E-state index contributed by atoms with van der Waals surface area (Å²) in [5.41, 5.74) is 1.29. The van der Waals surface area contributed by atoms with Gasteiger partial charge in [-0.25, -0.2) is 0 Å². The molecule has 0 radical (unpaired) electrons. The van der Waals surface area contributed by atoms with E-state index >= 15 is 0 Å². The van der Waals surface area contributed by atoms with Crippen molar-refractivity contribution in [2.45, 2.75) is 18.4 Å². The molecule has 0 bridgehead atoms. The number of pyridine rings is 1. The van der Waals surface area contributed by atoms with E-state index in [0.717, 1.165) is 45.6 Å². The Morgan fingerprint density at radius 1 is 1.35 bits per heavy atom. The first-order valence-electron chi connectivity index (χ1n) is 6.38. The van der Waals surface area contributed by atoms with Crippen molar-refractivity contribution in [1.29, 1.82) is 0 Å². The zero-order valence-electron chi connectivity index (χ0n) is 10.1. The van der Waals surface area contributed by atoms with E-state index in [1.54, 1.807) is 0 Å². The minimum Gasteiger partial charge on any atom is -0.371 e. The Morgan fingerprint density at radius 2 is 2.24 bits per heavy atom. The maximum Gasteiger partial charge on any atom is 0.0881 e. The molecule has 1 aromatic heterocycles. The summed E-state index contributed by atoms with van der Waals surface area (Å²) in [4.78, 5) is 6.60. The van der Waals surface area contributed by atoms with Crippen molar-refractivity contribution in [2.75, 3.05) is 37.7 Å². The molecule has 1 spiro atoms. The number of ether oxygens (including phenoxy) is 1. The molecule has 0 unspecified atom stereocenters. The van der Waals surface area contributed by atoms with Gasteiger partial charge in [-0.2, -0.15) is 0 Å². The molecule has 92 valence electrons. The molecule has 17 heavy (non-hydrogen) atoms. The molecule has 2 saturated heterocycles. The molecule has 0 amide bonds. The van der Waals surface area contributed by atoms with Gasteiger partial charge in [0.1, 0.15) is 0 Å². The van der Waals surface area contributed by atoms with Crippen LogP contribution in [0.3, 0.4) is 0 Å². The summed E-state index contributed by atoms with van der Waals surface area (Å²) in [6.45, 7) is 4.94. The molecular weight excluding hydrogens is 214 g/mol. The smallest absolute Gasteiger partial charge is 0.0881 e. The molecule has 0 aliphatic carbocycles. The van der Waals surface area contributed by atoms with Gasteiger partial charge in [-0.3, -0.25) is 4.98 Å². The van der Waals surface area contributed by atoms with Crippen molar-refractivity contribution in [1.82, 2.24) is 10.3 Å². The molecule has 3 rings (SSSR count). The van der Waals surface area contributed by atoms with E-state index in [1.807, 2.05) is 18.5 Å².